The topological polar surface area (TPSA) is 85.2 Å². The molecule has 0 aromatic carbocycles. The SMILES string of the molecule is CCCC1CCC([C@@H](/C=C/[C@@H]2[C@@H](C/C=C\CCCC(=O)OC)[C@@H](O)C[C@H]2O)OC2CCCCO2)C1. The van der Waals surface area contributed by atoms with Crippen molar-refractivity contribution < 1.29 is 29.2 Å². The summed E-state index contributed by atoms with van der Waals surface area (Å²) in [5.41, 5.74) is 0. The van der Waals surface area contributed by atoms with E-state index < -0.39 is 12.2 Å². The summed E-state index contributed by atoms with van der Waals surface area (Å²) in [6.07, 6.45) is 19.7. The summed E-state index contributed by atoms with van der Waals surface area (Å²) in [4.78, 5) is 11.2. The quantitative estimate of drug-likeness (QED) is 0.206. The van der Waals surface area contributed by atoms with E-state index in [1.165, 1.54) is 39.2 Å². The Morgan fingerprint density at radius 2 is 1.97 bits per heavy atom. The molecule has 0 aromatic rings. The Morgan fingerprint density at radius 1 is 1.11 bits per heavy atom. The zero-order valence-corrected chi connectivity index (χ0v) is 21.9. The third-order valence-corrected chi connectivity index (χ3v) is 8.18. The standard InChI is InChI=1S/C29H48O6/c1-3-10-21-14-15-22(19-21)27(35-29-13-8-9-18-34-29)17-16-24-23(25(30)20-26(24)31)11-6-4-5-7-12-28(32)33-2/h4,6,16-17,21-27,29-31H,3,5,7-15,18-20H2,1-2H3/b6-4-,17-16+/t21?,22?,23-,24-,25+,26-,27-,29?/m1/s1. The Kier molecular flexibility index (Phi) is 12.3. The van der Waals surface area contributed by atoms with Crippen LogP contribution in [0.1, 0.15) is 90.4 Å². The molecule has 3 unspecified atom stereocenters. The first kappa shape index (κ1) is 28.4. The van der Waals surface area contributed by atoms with Crippen molar-refractivity contribution in [1.82, 2.24) is 0 Å². The molecule has 0 radical (unpaired) electrons. The first-order chi connectivity index (χ1) is 17.0. The smallest absolute Gasteiger partial charge is 0.305 e. The van der Waals surface area contributed by atoms with E-state index in [0.29, 0.717) is 25.2 Å². The number of carbonyl (C=O) groups is 1. The molecule has 1 heterocycles. The van der Waals surface area contributed by atoms with Crippen LogP contribution in [0.2, 0.25) is 0 Å². The molecule has 3 aliphatic rings. The van der Waals surface area contributed by atoms with Crippen molar-refractivity contribution in [3.05, 3.63) is 24.3 Å². The van der Waals surface area contributed by atoms with E-state index in [9.17, 15) is 15.0 Å². The van der Waals surface area contributed by atoms with E-state index in [1.807, 2.05) is 0 Å². The molecule has 6 nitrogen and oxygen atoms in total. The summed E-state index contributed by atoms with van der Waals surface area (Å²) in [6, 6.07) is 0. The van der Waals surface area contributed by atoms with Gasteiger partial charge in [0.2, 0.25) is 0 Å². The first-order valence-corrected chi connectivity index (χ1v) is 14.0. The maximum Gasteiger partial charge on any atom is 0.305 e. The Hall–Kier alpha value is -1.21. The highest BCUT2D eigenvalue weighted by molar-refractivity contribution is 5.69. The van der Waals surface area contributed by atoms with Crippen molar-refractivity contribution in [1.29, 1.82) is 0 Å². The molecule has 1 aliphatic heterocycles. The number of esters is 1. The van der Waals surface area contributed by atoms with Crippen LogP contribution in [0.3, 0.4) is 0 Å². The second-order valence-corrected chi connectivity index (χ2v) is 10.8. The van der Waals surface area contributed by atoms with Crippen LogP contribution >= 0.6 is 0 Å². The Balaban J connectivity index is 1.60. The zero-order valence-electron chi connectivity index (χ0n) is 21.9. The molecule has 0 spiro atoms. The highest BCUT2D eigenvalue weighted by atomic mass is 16.7. The molecule has 8 atom stereocenters. The van der Waals surface area contributed by atoms with Gasteiger partial charge in [-0.1, -0.05) is 50.5 Å². The zero-order chi connectivity index (χ0) is 25.0. The van der Waals surface area contributed by atoms with E-state index in [1.54, 1.807) is 0 Å². The lowest BCUT2D eigenvalue weighted by atomic mass is 9.88. The molecule has 1 saturated heterocycles. The van der Waals surface area contributed by atoms with Gasteiger partial charge in [-0.2, -0.15) is 0 Å². The minimum Gasteiger partial charge on any atom is -0.469 e. The highest BCUT2D eigenvalue weighted by Crippen LogP contribution is 2.40. The second-order valence-electron chi connectivity index (χ2n) is 10.8. The number of aliphatic hydroxyl groups excluding tert-OH is 2. The predicted molar refractivity (Wildman–Crippen MR) is 137 cm³/mol. The van der Waals surface area contributed by atoms with Gasteiger partial charge in [-0.15, -0.1) is 0 Å². The lowest BCUT2D eigenvalue weighted by Gasteiger charge is -2.30. The second kappa shape index (κ2) is 15.1. The highest BCUT2D eigenvalue weighted by Gasteiger charge is 2.40. The molecular formula is C29H48O6. The van der Waals surface area contributed by atoms with Gasteiger partial charge in [0.1, 0.15) is 0 Å². The van der Waals surface area contributed by atoms with E-state index in [-0.39, 0.29) is 30.2 Å². The number of allylic oxidation sites excluding steroid dienone is 2. The summed E-state index contributed by atoms with van der Waals surface area (Å²) in [5.74, 6) is 0.992. The van der Waals surface area contributed by atoms with Crippen LogP contribution in [0.25, 0.3) is 0 Å². The molecule has 2 N–H and O–H groups in total. The molecule has 3 rings (SSSR count). The maximum atomic E-state index is 11.2. The Bertz CT molecular complexity index is 670. The molecule has 200 valence electrons. The maximum absolute atomic E-state index is 11.2. The number of unbranched alkanes of at least 4 members (excludes halogenated alkanes) is 1. The van der Waals surface area contributed by atoms with Gasteiger partial charge < -0.3 is 24.4 Å². The lowest BCUT2D eigenvalue weighted by molar-refractivity contribution is -0.187. The number of hydrogen-bond donors (Lipinski definition) is 2. The van der Waals surface area contributed by atoms with Gasteiger partial charge in [-0.05, 0) is 69.1 Å². The van der Waals surface area contributed by atoms with Gasteiger partial charge in [0.25, 0.3) is 0 Å². The molecule has 35 heavy (non-hydrogen) atoms. The van der Waals surface area contributed by atoms with Crippen LogP contribution in [0, 0.1) is 23.7 Å². The Morgan fingerprint density at radius 3 is 2.71 bits per heavy atom. The largest absolute Gasteiger partial charge is 0.469 e. The number of ether oxygens (including phenoxy) is 3. The minimum atomic E-state index is -0.540. The molecule has 3 fully saturated rings. The predicted octanol–water partition coefficient (Wildman–Crippen LogP) is 5.32. The number of methoxy groups -OCH3 is 1. The molecule has 2 saturated carbocycles. The van der Waals surface area contributed by atoms with E-state index >= 15 is 0 Å². The van der Waals surface area contributed by atoms with Crippen LogP contribution in [-0.4, -0.2) is 54.5 Å². The van der Waals surface area contributed by atoms with Gasteiger partial charge in [0.15, 0.2) is 6.29 Å². The summed E-state index contributed by atoms with van der Waals surface area (Å²) in [7, 11) is 1.41. The van der Waals surface area contributed by atoms with Crippen molar-refractivity contribution >= 4 is 5.97 Å². The molecule has 6 heteroatoms. The number of hydrogen-bond acceptors (Lipinski definition) is 6. The third kappa shape index (κ3) is 8.99. The van der Waals surface area contributed by atoms with Gasteiger partial charge >= 0.3 is 5.97 Å². The normalized spacial score (nSPS) is 34.7. The van der Waals surface area contributed by atoms with Gasteiger partial charge in [-0.3, -0.25) is 4.79 Å². The number of rotatable bonds is 13. The first-order valence-electron chi connectivity index (χ1n) is 14.0. The van der Waals surface area contributed by atoms with Crippen molar-refractivity contribution in [2.75, 3.05) is 13.7 Å². The van der Waals surface area contributed by atoms with Crippen LogP contribution in [-0.2, 0) is 19.0 Å². The van der Waals surface area contributed by atoms with Gasteiger partial charge in [0, 0.05) is 25.4 Å². The average Bonchev–Trinajstić information content (AvgIpc) is 3.43. The lowest BCUT2D eigenvalue weighted by Crippen LogP contribution is -2.31. The van der Waals surface area contributed by atoms with Crippen LogP contribution < -0.4 is 0 Å². The molecule has 0 amide bonds. The molecule has 0 bridgehead atoms. The van der Waals surface area contributed by atoms with E-state index in [4.69, 9.17) is 9.47 Å². The monoisotopic (exact) mass is 492 g/mol. The van der Waals surface area contributed by atoms with Crippen LogP contribution in [0.4, 0.5) is 0 Å². The van der Waals surface area contributed by atoms with Gasteiger partial charge in [0.05, 0.1) is 25.4 Å². The summed E-state index contributed by atoms with van der Waals surface area (Å²) < 4.78 is 17.1. The molecule has 0 aromatic heterocycles. The number of carbonyl (C=O) groups excluding carboxylic acids is 1. The molecular weight excluding hydrogens is 444 g/mol. The summed E-state index contributed by atoms with van der Waals surface area (Å²) in [6.45, 7) is 3.03. The van der Waals surface area contributed by atoms with E-state index in [0.717, 1.165) is 44.6 Å². The van der Waals surface area contributed by atoms with Crippen LogP contribution in [0.5, 0.6) is 0 Å². The van der Waals surface area contributed by atoms with Crippen molar-refractivity contribution in [3.63, 3.8) is 0 Å². The molecule has 2 aliphatic carbocycles. The summed E-state index contributed by atoms with van der Waals surface area (Å²) in [5, 5.41) is 21.3. The van der Waals surface area contributed by atoms with E-state index in [2.05, 4.69) is 36.0 Å². The van der Waals surface area contributed by atoms with Gasteiger partial charge in [-0.25, -0.2) is 0 Å². The van der Waals surface area contributed by atoms with Crippen molar-refractivity contribution in [3.8, 4) is 0 Å². The van der Waals surface area contributed by atoms with Crippen LogP contribution in [0.15, 0.2) is 24.3 Å². The summed E-state index contributed by atoms with van der Waals surface area (Å²) >= 11 is 0. The van der Waals surface area contributed by atoms with Crippen molar-refractivity contribution in [2.24, 2.45) is 23.7 Å². The fraction of sp³-hybridized carbons (Fsp3) is 0.828. The fourth-order valence-corrected chi connectivity index (χ4v) is 6.17. The average molecular weight is 493 g/mol. The van der Waals surface area contributed by atoms with Crippen molar-refractivity contribution in [2.45, 2.75) is 115 Å². The fourth-order valence-electron chi connectivity index (χ4n) is 6.17. The minimum absolute atomic E-state index is 0.000544. The number of aliphatic hydroxyl groups is 2. The Labute approximate surface area is 212 Å². The third-order valence-electron chi connectivity index (χ3n) is 8.18.